The minimum Gasteiger partial charge on any atom is -0.379 e. The molecule has 0 N–H and O–H groups in total. The molecule has 1 aromatic heterocycles. The van der Waals surface area contributed by atoms with Gasteiger partial charge in [0.15, 0.2) is 0 Å². The van der Waals surface area contributed by atoms with Crippen molar-refractivity contribution in [3.8, 4) is 0 Å². The Morgan fingerprint density at radius 3 is 2.72 bits per heavy atom. The van der Waals surface area contributed by atoms with Gasteiger partial charge >= 0.3 is 0 Å². The number of hydrogen-bond acceptors (Lipinski definition) is 5. The lowest BCUT2D eigenvalue weighted by molar-refractivity contribution is 0.0730. The van der Waals surface area contributed by atoms with Crippen molar-refractivity contribution in [1.29, 1.82) is 0 Å². The molecule has 0 radical (unpaired) electrons. The molecule has 160 valence electrons. The highest BCUT2D eigenvalue weighted by Crippen LogP contribution is 2.25. The fraction of sp³-hybridized carbons (Fsp3) is 0.667. The van der Waals surface area contributed by atoms with Crippen LogP contribution in [0.15, 0.2) is 23.1 Å². The Labute approximate surface area is 173 Å². The van der Waals surface area contributed by atoms with E-state index in [1.54, 1.807) is 12.1 Å². The molecule has 29 heavy (non-hydrogen) atoms. The Balaban J connectivity index is 1.66. The summed E-state index contributed by atoms with van der Waals surface area (Å²) in [7, 11) is -3.51. The molecular weight excluding hydrogens is 388 g/mol. The first kappa shape index (κ1) is 20.8. The summed E-state index contributed by atoms with van der Waals surface area (Å²) in [5.41, 5.74) is 1.79. The quantitative estimate of drug-likeness (QED) is 0.719. The van der Waals surface area contributed by atoms with Gasteiger partial charge in [-0.2, -0.15) is 4.31 Å². The van der Waals surface area contributed by atoms with Gasteiger partial charge in [-0.15, -0.1) is 0 Å². The molecule has 1 aromatic carbocycles. The SMILES string of the molecule is CCCn1c(CN2CCCC(C)C2)nc2cc(S(=O)(=O)N3CCOCC3)ccc21. The smallest absolute Gasteiger partial charge is 0.243 e. The van der Waals surface area contributed by atoms with E-state index in [0.717, 1.165) is 55.4 Å². The summed E-state index contributed by atoms with van der Waals surface area (Å²) < 4.78 is 35.1. The van der Waals surface area contributed by atoms with Crippen LogP contribution in [0.5, 0.6) is 0 Å². The third kappa shape index (κ3) is 4.35. The molecule has 2 saturated heterocycles. The van der Waals surface area contributed by atoms with E-state index in [1.807, 2.05) is 6.07 Å². The minimum absolute atomic E-state index is 0.325. The average Bonchev–Trinajstić information content (AvgIpc) is 3.05. The van der Waals surface area contributed by atoms with Gasteiger partial charge < -0.3 is 9.30 Å². The second-order valence-electron chi connectivity index (χ2n) is 8.33. The predicted octanol–water partition coefficient (Wildman–Crippen LogP) is 2.70. The average molecular weight is 421 g/mol. The fourth-order valence-electron chi connectivity index (χ4n) is 4.48. The summed E-state index contributed by atoms with van der Waals surface area (Å²) >= 11 is 0. The zero-order chi connectivity index (χ0) is 20.4. The van der Waals surface area contributed by atoms with Crippen LogP contribution in [0.1, 0.15) is 38.9 Å². The summed E-state index contributed by atoms with van der Waals surface area (Å²) in [6.45, 7) is 10.1. The monoisotopic (exact) mass is 420 g/mol. The van der Waals surface area contributed by atoms with Crippen molar-refractivity contribution in [3.05, 3.63) is 24.0 Å². The highest BCUT2D eigenvalue weighted by atomic mass is 32.2. The molecular formula is C21H32N4O3S. The van der Waals surface area contributed by atoms with E-state index >= 15 is 0 Å². The molecule has 4 rings (SSSR count). The van der Waals surface area contributed by atoms with E-state index in [-0.39, 0.29) is 0 Å². The Morgan fingerprint density at radius 1 is 1.21 bits per heavy atom. The van der Waals surface area contributed by atoms with Crippen molar-refractivity contribution >= 4 is 21.1 Å². The number of sulfonamides is 1. The van der Waals surface area contributed by atoms with Gasteiger partial charge in [-0.05, 0) is 49.9 Å². The van der Waals surface area contributed by atoms with Crippen LogP contribution in [0.25, 0.3) is 11.0 Å². The van der Waals surface area contributed by atoms with Crippen LogP contribution in [0.4, 0.5) is 0 Å². The number of nitrogens with zero attached hydrogens (tertiary/aromatic N) is 4. The molecule has 8 heteroatoms. The van der Waals surface area contributed by atoms with Gasteiger partial charge in [0.2, 0.25) is 10.0 Å². The number of benzene rings is 1. The van der Waals surface area contributed by atoms with E-state index in [2.05, 4.69) is 23.3 Å². The summed E-state index contributed by atoms with van der Waals surface area (Å²) in [5.74, 6) is 1.76. The van der Waals surface area contributed by atoms with Gasteiger partial charge in [-0.3, -0.25) is 4.90 Å². The molecule has 2 aliphatic heterocycles. The van der Waals surface area contributed by atoms with Crippen LogP contribution < -0.4 is 0 Å². The van der Waals surface area contributed by atoms with Gasteiger partial charge in [-0.25, -0.2) is 13.4 Å². The van der Waals surface area contributed by atoms with Gasteiger partial charge in [-0.1, -0.05) is 13.8 Å². The lowest BCUT2D eigenvalue weighted by atomic mass is 10.0. The van der Waals surface area contributed by atoms with Crippen molar-refractivity contribution in [2.45, 2.75) is 51.1 Å². The van der Waals surface area contributed by atoms with Crippen molar-refractivity contribution in [1.82, 2.24) is 18.8 Å². The second-order valence-corrected chi connectivity index (χ2v) is 10.3. The Bertz CT molecular complexity index is 950. The number of likely N-dealkylation sites (tertiary alicyclic amines) is 1. The van der Waals surface area contributed by atoms with Crippen LogP contribution in [0.2, 0.25) is 0 Å². The molecule has 1 atom stereocenters. The zero-order valence-corrected chi connectivity index (χ0v) is 18.3. The molecule has 0 aliphatic carbocycles. The van der Waals surface area contributed by atoms with E-state index in [1.165, 1.54) is 17.1 Å². The van der Waals surface area contributed by atoms with Crippen molar-refractivity contribution in [2.24, 2.45) is 5.92 Å². The largest absolute Gasteiger partial charge is 0.379 e. The fourth-order valence-corrected chi connectivity index (χ4v) is 5.91. The molecule has 0 bridgehead atoms. The first-order valence-electron chi connectivity index (χ1n) is 10.8. The number of morpholine rings is 1. The Hall–Kier alpha value is -1.48. The van der Waals surface area contributed by atoms with Crippen molar-refractivity contribution in [3.63, 3.8) is 0 Å². The predicted molar refractivity (Wildman–Crippen MR) is 113 cm³/mol. The van der Waals surface area contributed by atoms with Crippen LogP contribution in [-0.2, 0) is 27.8 Å². The van der Waals surface area contributed by atoms with Gasteiger partial charge in [0, 0.05) is 26.2 Å². The Kier molecular flexibility index (Phi) is 6.24. The van der Waals surface area contributed by atoms with E-state index in [9.17, 15) is 8.42 Å². The summed E-state index contributed by atoms with van der Waals surface area (Å²) in [4.78, 5) is 7.69. The molecule has 7 nitrogen and oxygen atoms in total. The first-order valence-corrected chi connectivity index (χ1v) is 12.2. The van der Waals surface area contributed by atoms with Crippen LogP contribution in [-0.4, -0.2) is 66.6 Å². The lowest BCUT2D eigenvalue weighted by Gasteiger charge is -2.30. The number of hydrogen-bond donors (Lipinski definition) is 0. The number of fused-ring (bicyclic) bond motifs is 1. The maximum atomic E-state index is 13.0. The number of imidazole rings is 1. The molecule has 2 fully saturated rings. The first-order chi connectivity index (χ1) is 14.0. The minimum atomic E-state index is -3.51. The molecule has 2 aliphatic rings. The van der Waals surface area contributed by atoms with Crippen molar-refractivity contribution in [2.75, 3.05) is 39.4 Å². The van der Waals surface area contributed by atoms with Crippen LogP contribution in [0, 0.1) is 5.92 Å². The lowest BCUT2D eigenvalue weighted by Crippen LogP contribution is -2.40. The van der Waals surface area contributed by atoms with E-state index in [0.29, 0.717) is 31.2 Å². The number of rotatable bonds is 6. The third-order valence-electron chi connectivity index (χ3n) is 5.96. The van der Waals surface area contributed by atoms with Gasteiger partial charge in [0.1, 0.15) is 5.82 Å². The zero-order valence-electron chi connectivity index (χ0n) is 17.5. The number of piperidine rings is 1. The standard InChI is InChI=1S/C21H32N4O3S/c1-3-8-25-20-7-6-18(29(26,27)24-10-12-28-13-11-24)14-19(20)22-21(25)16-23-9-4-5-17(2)15-23/h6-7,14,17H,3-5,8-13,15-16H2,1-2H3. The summed E-state index contributed by atoms with van der Waals surface area (Å²) in [6, 6.07) is 5.40. The maximum Gasteiger partial charge on any atom is 0.243 e. The molecule has 3 heterocycles. The third-order valence-corrected chi connectivity index (χ3v) is 7.85. The molecule has 0 amide bonds. The molecule has 0 saturated carbocycles. The Morgan fingerprint density at radius 2 is 2.00 bits per heavy atom. The molecule has 2 aromatic rings. The molecule has 1 unspecified atom stereocenters. The highest BCUT2D eigenvalue weighted by Gasteiger charge is 2.27. The topological polar surface area (TPSA) is 67.7 Å². The number of aromatic nitrogens is 2. The van der Waals surface area contributed by atoms with E-state index in [4.69, 9.17) is 9.72 Å². The number of ether oxygens (including phenoxy) is 1. The van der Waals surface area contributed by atoms with Gasteiger partial charge in [0.25, 0.3) is 0 Å². The summed E-state index contributed by atoms with van der Waals surface area (Å²) in [5, 5.41) is 0. The maximum absolute atomic E-state index is 13.0. The normalized spacial score (nSPS) is 22.3. The van der Waals surface area contributed by atoms with E-state index < -0.39 is 10.0 Å². The van der Waals surface area contributed by atoms with Crippen LogP contribution in [0.3, 0.4) is 0 Å². The second kappa shape index (κ2) is 8.71. The van der Waals surface area contributed by atoms with Crippen molar-refractivity contribution < 1.29 is 13.2 Å². The highest BCUT2D eigenvalue weighted by molar-refractivity contribution is 7.89. The summed E-state index contributed by atoms with van der Waals surface area (Å²) in [6.07, 6.45) is 3.55. The van der Waals surface area contributed by atoms with Crippen LogP contribution >= 0.6 is 0 Å². The molecule has 0 spiro atoms. The van der Waals surface area contributed by atoms with Gasteiger partial charge in [0.05, 0.1) is 35.7 Å². The number of aryl methyl sites for hydroxylation is 1.